The highest BCUT2D eigenvalue weighted by Crippen LogP contribution is 2.42. The quantitative estimate of drug-likeness (QED) is 0.181. The Morgan fingerprint density at radius 3 is 2.53 bits per heavy atom. The average Bonchev–Trinajstić information content (AvgIpc) is 3.08. The first-order valence-electron chi connectivity index (χ1n) is 15.9. The Labute approximate surface area is 296 Å². The first-order valence-corrected chi connectivity index (χ1v) is 17.7. The van der Waals surface area contributed by atoms with Crippen LogP contribution in [0.25, 0.3) is 11.6 Å². The topological polar surface area (TPSA) is 147 Å². The van der Waals surface area contributed by atoms with E-state index in [1.807, 2.05) is 0 Å². The van der Waals surface area contributed by atoms with E-state index in [2.05, 4.69) is 4.98 Å². The highest BCUT2D eigenvalue weighted by molar-refractivity contribution is 7.93. The molecule has 0 bridgehead atoms. The van der Waals surface area contributed by atoms with Crippen molar-refractivity contribution >= 4 is 50.8 Å². The summed E-state index contributed by atoms with van der Waals surface area (Å²) >= 11 is 6.24. The SMILES string of the molecule is CC(=Cc1ccc2c(c1)N(S(=O)(=O)c1cc(C(F)(F)F)cnc1OCCO)CC(CCC(=O)N1CCC(C(=O)O)CC1)O2)c1c(F)cccc1Cl. The number of aliphatic carboxylic acids is 1. The molecule has 1 aromatic heterocycles. The van der Waals surface area contributed by atoms with E-state index in [1.165, 1.54) is 35.2 Å². The highest BCUT2D eigenvalue weighted by Gasteiger charge is 2.40. The van der Waals surface area contributed by atoms with E-state index in [1.54, 1.807) is 19.1 Å². The molecule has 0 radical (unpaired) electrons. The number of piperidine rings is 1. The van der Waals surface area contributed by atoms with Crippen LogP contribution in [0.15, 0.2) is 53.6 Å². The number of hydrogen-bond donors (Lipinski definition) is 2. The number of aliphatic hydroxyl groups is 1. The van der Waals surface area contributed by atoms with Crippen LogP contribution in [0.4, 0.5) is 23.2 Å². The van der Waals surface area contributed by atoms with E-state index in [9.17, 15) is 45.8 Å². The molecule has 2 aliphatic heterocycles. The molecular weight excluding hydrogens is 722 g/mol. The molecule has 1 fully saturated rings. The zero-order chi connectivity index (χ0) is 37.1. The summed E-state index contributed by atoms with van der Waals surface area (Å²) < 4.78 is 97.0. The first kappa shape index (κ1) is 37.8. The summed E-state index contributed by atoms with van der Waals surface area (Å²) in [4.78, 5) is 28.6. The molecule has 274 valence electrons. The third-order valence-corrected chi connectivity index (χ3v) is 10.7. The molecule has 2 aromatic carbocycles. The molecule has 11 nitrogen and oxygen atoms in total. The molecule has 1 saturated heterocycles. The second-order valence-electron chi connectivity index (χ2n) is 12.1. The number of fused-ring (bicyclic) bond motifs is 1. The number of amides is 1. The normalized spacial score (nSPS) is 17.2. The standard InChI is InChI=1S/C34H34ClF4N3O8S/c1-20(31-25(35)3-2-4-26(31)36)15-21-5-7-28-27(16-21)42(19-24(50-28)6-8-30(44)41-11-9-22(10-12-41)33(45)46)51(47,48)29-17-23(34(37,38)39)18-40-32(29)49-14-13-43/h2-5,7,15-18,22,24,43H,6,8-14,19H2,1H3,(H,45,46). The predicted molar refractivity (Wildman–Crippen MR) is 178 cm³/mol. The van der Waals surface area contributed by atoms with Gasteiger partial charge in [0, 0.05) is 31.3 Å². The van der Waals surface area contributed by atoms with Crippen molar-refractivity contribution in [3.8, 4) is 11.6 Å². The average molecular weight is 756 g/mol. The van der Waals surface area contributed by atoms with E-state index in [0.717, 1.165) is 4.31 Å². The molecule has 1 atom stereocenters. The van der Waals surface area contributed by atoms with Gasteiger partial charge in [0.15, 0.2) is 4.90 Å². The summed E-state index contributed by atoms with van der Waals surface area (Å²) in [5.41, 5.74) is -0.509. The molecule has 3 aromatic rings. The van der Waals surface area contributed by atoms with Crippen molar-refractivity contribution in [3.05, 3.63) is 76.2 Å². The number of carboxylic acid groups (broad SMARTS) is 1. The number of alkyl halides is 3. The third kappa shape index (κ3) is 8.56. The zero-order valence-electron chi connectivity index (χ0n) is 27.2. The molecule has 17 heteroatoms. The highest BCUT2D eigenvalue weighted by atomic mass is 35.5. The fourth-order valence-electron chi connectivity index (χ4n) is 5.95. The van der Waals surface area contributed by atoms with Gasteiger partial charge in [-0.15, -0.1) is 0 Å². The lowest BCUT2D eigenvalue weighted by molar-refractivity contribution is -0.145. The Morgan fingerprint density at radius 2 is 1.88 bits per heavy atom. The summed E-state index contributed by atoms with van der Waals surface area (Å²) in [6, 6.07) is 9.03. The number of carbonyl (C=O) groups excluding carboxylic acids is 1. The van der Waals surface area contributed by atoms with E-state index >= 15 is 0 Å². The zero-order valence-corrected chi connectivity index (χ0v) is 28.8. The first-order chi connectivity index (χ1) is 24.1. The fraction of sp³-hybridized carbons (Fsp3) is 0.382. The number of carboxylic acids is 1. The number of anilines is 1. The lowest BCUT2D eigenvalue weighted by Crippen LogP contribution is -2.45. The lowest BCUT2D eigenvalue weighted by Gasteiger charge is -2.36. The Kier molecular flexibility index (Phi) is 11.5. The largest absolute Gasteiger partial charge is 0.486 e. The number of rotatable bonds is 11. The monoisotopic (exact) mass is 755 g/mol. The van der Waals surface area contributed by atoms with Crippen molar-refractivity contribution in [3.63, 3.8) is 0 Å². The number of carbonyl (C=O) groups is 2. The number of likely N-dealkylation sites (tertiary alicyclic amines) is 1. The number of ether oxygens (including phenoxy) is 2. The van der Waals surface area contributed by atoms with Crippen LogP contribution in [0.2, 0.25) is 5.02 Å². The van der Waals surface area contributed by atoms with Gasteiger partial charge >= 0.3 is 12.1 Å². The molecule has 0 spiro atoms. The number of halogens is 5. The Morgan fingerprint density at radius 1 is 1.16 bits per heavy atom. The van der Waals surface area contributed by atoms with Crippen LogP contribution in [0.5, 0.6) is 11.6 Å². The van der Waals surface area contributed by atoms with Gasteiger partial charge in [0.2, 0.25) is 11.8 Å². The fourth-order valence-corrected chi connectivity index (χ4v) is 7.87. The van der Waals surface area contributed by atoms with Crippen LogP contribution in [0.3, 0.4) is 0 Å². The Hall–Kier alpha value is -4.41. The molecule has 51 heavy (non-hydrogen) atoms. The molecular formula is C34H34ClF4N3O8S. The van der Waals surface area contributed by atoms with Gasteiger partial charge in [0.05, 0.1) is 35.3 Å². The van der Waals surface area contributed by atoms with Gasteiger partial charge in [0.1, 0.15) is 24.3 Å². The van der Waals surface area contributed by atoms with Gasteiger partial charge in [0.25, 0.3) is 10.0 Å². The maximum absolute atomic E-state index is 14.7. The molecule has 2 aliphatic rings. The molecule has 0 saturated carbocycles. The van der Waals surface area contributed by atoms with E-state index in [4.69, 9.17) is 21.1 Å². The van der Waals surface area contributed by atoms with Crippen molar-refractivity contribution in [2.45, 2.75) is 49.8 Å². The minimum atomic E-state index is -4.96. The number of hydrogen-bond acceptors (Lipinski definition) is 8. The molecule has 0 aliphatic carbocycles. The number of benzene rings is 2. The Balaban J connectivity index is 1.52. The molecule has 1 amide bonds. The predicted octanol–water partition coefficient (Wildman–Crippen LogP) is 5.88. The number of aliphatic hydroxyl groups excluding tert-OH is 1. The van der Waals surface area contributed by atoms with E-state index in [0.29, 0.717) is 36.2 Å². The van der Waals surface area contributed by atoms with Gasteiger partial charge in [-0.3, -0.25) is 13.9 Å². The Bertz CT molecular complexity index is 1910. The van der Waals surface area contributed by atoms with Crippen molar-refractivity contribution in [2.75, 3.05) is 37.2 Å². The third-order valence-electron chi connectivity index (χ3n) is 8.58. The summed E-state index contributed by atoms with van der Waals surface area (Å²) in [6.45, 7) is 0.639. The number of pyridine rings is 1. The summed E-state index contributed by atoms with van der Waals surface area (Å²) in [6.07, 6.45) is -3.39. The summed E-state index contributed by atoms with van der Waals surface area (Å²) in [5.74, 6) is -2.97. The maximum Gasteiger partial charge on any atom is 0.417 e. The minimum Gasteiger partial charge on any atom is -0.486 e. The number of sulfonamides is 1. The second kappa shape index (κ2) is 15.5. The van der Waals surface area contributed by atoms with Crippen LogP contribution < -0.4 is 13.8 Å². The second-order valence-corrected chi connectivity index (χ2v) is 14.3. The van der Waals surface area contributed by atoms with Crippen LogP contribution in [-0.2, 0) is 25.8 Å². The van der Waals surface area contributed by atoms with Gasteiger partial charge in [-0.1, -0.05) is 29.8 Å². The van der Waals surface area contributed by atoms with Crippen molar-refractivity contribution in [1.82, 2.24) is 9.88 Å². The van der Waals surface area contributed by atoms with Crippen molar-refractivity contribution in [1.29, 1.82) is 0 Å². The summed E-state index contributed by atoms with van der Waals surface area (Å²) in [7, 11) is -4.90. The van der Waals surface area contributed by atoms with Gasteiger partial charge in [-0.2, -0.15) is 13.2 Å². The molecule has 3 heterocycles. The van der Waals surface area contributed by atoms with Gasteiger partial charge < -0.3 is 24.6 Å². The number of aromatic nitrogens is 1. The molecule has 2 N–H and O–H groups in total. The van der Waals surface area contributed by atoms with E-state index in [-0.39, 0.29) is 53.9 Å². The smallest absolute Gasteiger partial charge is 0.417 e. The van der Waals surface area contributed by atoms with E-state index < -0.39 is 76.1 Å². The molecule has 1 unspecified atom stereocenters. The van der Waals surface area contributed by atoms with Crippen LogP contribution >= 0.6 is 11.6 Å². The number of nitrogens with zero attached hydrogens (tertiary/aromatic N) is 3. The van der Waals surface area contributed by atoms with Gasteiger partial charge in [-0.05, 0) is 67.7 Å². The lowest BCUT2D eigenvalue weighted by atomic mass is 9.97. The van der Waals surface area contributed by atoms with Crippen LogP contribution in [0, 0.1) is 11.7 Å². The van der Waals surface area contributed by atoms with Crippen LogP contribution in [-0.4, -0.2) is 79.3 Å². The van der Waals surface area contributed by atoms with Crippen LogP contribution in [0.1, 0.15) is 49.3 Å². The summed E-state index contributed by atoms with van der Waals surface area (Å²) in [5, 5.41) is 18.7. The maximum atomic E-state index is 14.7. The van der Waals surface area contributed by atoms with Gasteiger partial charge in [-0.25, -0.2) is 17.8 Å². The van der Waals surface area contributed by atoms with Crippen molar-refractivity contribution < 1.29 is 55.3 Å². The minimum absolute atomic E-state index is 0.0183. The van der Waals surface area contributed by atoms with Crippen molar-refractivity contribution in [2.24, 2.45) is 5.92 Å². The molecule has 5 rings (SSSR count). The number of allylic oxidation sites excluding steroid dienone is 1.